The van der Waals surface area contributed by atoms with Crippen LogP contribution >= 0.6 is 11.6 Å². The van der Waals surface area contributed by atoms with Crippen molar-refractivity contribution in [3.8, 4) is 0 Å². The van der Waals surface area contributed by atoms with Crippen LogP contribution in [0, 0.1) is 17.3 Å². The molecule has 1 heterocycles. The molecule has 2 atom stereocenters. The summed E-state index contributed by atoms with van der Waals surface area (Å²) in [5.41, 5.74) is 0.638. The lowest BCUT2D eigenvalue weighted by atomic mass is 9.67. The van der Waals surface area contributed by atoms with Crippen LogP contribution in [0.4, 0.5) is 0 Å². The highest BCUT2D eigenvalue weighted by molar-refractivity contribution is 6.30. The van der Waals surface area contributed by atoms with Gasteiger partial charge in [0.1, 0.15) is 6.04 Å². The molecule has 1 aliphatic heterocycles. The number of nitrogens with one attached hydrogen (secondary N) is 2. The van der Waals surface area contributed by atoms with Gasteiger partial charge in [-0.2, -0.15) is 0 Å². The SMILES string of the molecule is CC(C)[C@@H](NC(=O)C1CCCC1)C(=O)N1CNC(C)(c2ccc(Cl)cc2)C(C)(C)C1. The number of rotatable bonds is 5. The first-order chi connectivity index (χ1) is 14.0. The fraction of sp³-hybridized carbons (Fsp3) is 0.667. The maximum absolute atomic E-state index is 13.4. The Labute approximate surface area is 185 Å². The summed E-state index contributed by atoms with van der Waals surface area (Å²) in [6.45, 7) is 11.6. The summed E-state index contributed by atoms with van der Waals surface area (Å²) >= 11 is 6.08. The molecule has 6 heteroatoms. The molecule has 2 aliphatic rings. The summed E-state index contributed by atoms with van der Waals surface area (Å²) in [7, 11) is 0. The van der Waals surface area contributed by atoms with Crippen molar-refractivity contribution in [3.05, 3.63) is 34.9 Å². The van der Waals surface area contributed by atoms with Crippen molar-refractivity contribution in [3.63, 3.8) is 0 Å². The predicted octanol–water partition coefficient (Wildman–Crippen LogP) is 4.30. The van der Waals surface area contributed by atoms with Crippen LogP contribution in [0.25, 0.3) is 0 Å². The Bertz CT molecular complexity index is 771. The molecular weight excluding hydrogens is 398 g/mol. The molecule has 3 rings (SSSR count). The molecule has 5 nitrogen and oxygen atoms in total. The number of benzene rings is 1. The van der Waals surface area contributed by atoms with Crippen molar-refractivity contribution in [2.24, 2.45) is 17.3 Å². The number of amides is 2. The Morgan fingerprint density at radius 3 is 2.27 bits per heavy atom. The lowest BCUT2D eigenvalue weighted by Crippen LogP contribution is -2.66. The molecule has 2 fully saturated rings. The zero-order valence-corrected chi connectivity index (χ0v) is 19.7. The van der Waals surface area contributed by atoms with Gasteiger partial charge in [-0.05, 0) is 43.4 Å². The summed E-state index contributed by atoms with van der Waals surface area (Å²) in [5, 5.41) is 7.39. The lowest BCUT2D eigenvalue weighted by molar-refractivity contribution is -0.144. The van der Waals surface area contributed by atoms with Gasteiger partial charge in [-0.25, -0.2) is 0 Å². The monoisotopic (exact) mass is 433 g/mol. The van der Waals surface area contributed by atoms with E-state index in [9.17, 15) is 9.59 Å². The van der Waals surface area contributed by atoms with E-state index in [1.165, 1.54) is 0 Å². The minimum Gasteiger partial charge on any atom is -0.344 e. The Morgan fingerprint density at radius 2 is 1.73 bits per heavy atom. The number of halogens is 1. The zero-order chi connectivity index (χ0) is 22.1. The topological polar surface area (TPSA) is 61.4 Å². The van der Waals surface area contributed by atoms with E-state index in [0.717, 1.165) is 31.2 Å². The van der Waals surface area contributed by atoms with Crippen LogP contribution < -0.4 is 10.6 Å². The highest BCUT2D eigenvalue weighted by Gasteiger charge is 2.48. The molecule has 1 unspecified atom stereocenters. The fourth-order valence-electron chi connectivity index (χ4n) is 4.79. The van der Waals surface area contributed by atoms with Gasteiger partial charge in [0.15, 0.2) is 0 Å². The van der Waals surface area contributed by atoms with Gasteiger partial charge in [0.25, 0.3) is 0 Å². The van der Waals surface area contributed by atoms with Crippen molar-refractivity contribution < 1.29 is 9.59 Å². The van der Waals surface area contributed by atoms with Crippen molar-refractivity contribution in [2.45, 2.75) is 71.9 Å². The van der Waals surface area contributed by atoms with E-state index in [1.54, 1.807) is 0 Å². The first kappa shape index (κ1) is 23.1. The van der Waals surface area contributed by atoms with E-state index in [1.807, 2.05) is 43.0 Å². The zero-order valence-electron chi connectivity index (χ0n) is 18.9. The van der Waals surface area contributed by atoms with E-state index in [-0.39, 0.29) is 34.6 Å². The Kier molecular flexibility index (Phi) is 6.83. The normalized spacial score (nSPS) is 25.4. The summed E-state index contributed by atoms with van der Waals surface area (Å²) < 4.78 is 0. The van der Waals surface area contributed by atoms with Gasteiger partial charge in [0.2, 0.25) is 11.8 Å². The Balaban J connectivity index is 1.73. The maximum atomic E-state index is 13.4. The minimum absolute atomic E-state index is 0.00456. The van der Waals surface area contributed by atoms with Crippen LogP contribution in [0.1, 0.15) is 65.9 Å². The first-order valence-corrected chi connectivity index (χ1v) is 11.5. The maximum Gasteiger partial charge on any atom is 0.246 e. The Hall–Kier alpha value is -1.59. The highest BCUT2D eigenvalue weighted by Crippen LogP contribution is 2.42. The van der Waals surface area contributed by atoms with Gasteiger partial charge in [-0.3, -0.25) is 14.9 Å². The Morgan fingerprint density at radius 1 is 1.13 bits per heavy atom. The largest absolute Gasteiger partial charge is 0.344 e. The molecule has 1 aromatic carbocycles. The summed E-state index contributed by atoms with van der Waals surface area (Å²) in [5.74, 6) is 0.128. The van der Waals surface area contributed by atoms with Gasteiger partial charge in [-0.15, -0.1) is 0 Å². The number of nitrogens with zero attached hydrogens (tertiary/aromatic N) is 1. The van der Waals surface area contributed by atoms with Crippen LogP contribution in [0.2, 0.25) is 5.02 Å². The first-order valence-electron chi connectivity index (χ1n) is 11.2. The summed E-state index contributed by atoms with van der Waals surface area (Å²) in [6.07, 6.45) is 4.07. The summed E-state index contributed by atoms with van der Waals surface area (Å²) in [4.78, 5) is 28.0. The summed E-state index contributed by atoms with van der Waals surface area (Å²) in [6, 6.07) is 7.42. The number of hydrogen-bond acceptors (Lipinski definition) is 3. The van der Waals surface area contributed by atoms with Crippen molar-refractivity contribution >= 4 is 23.4 Å². The minimum atomic E-state index is -0.490. The third-order valence-electron chi connectivity index (χ3n) is 7.25. The van der Waals surface area contributed by atoms with Crippen molar-refractivity contribution in [1.82, 2.24) is 15.5 Å². The van der Waals surface area contributed by atoms with Crippen LogP contribution in [0.3, 0.4) is 0 Å². The molecule has 0 radical (unpaired) electrons. The molecule has 1 aromatic rings. The third kappa shape index (κ3) is 4.52. The van der Waals surface area contributed by atoms with Gasteiger partial charge < -0.3 is 10.2 Å². The van der Waals surface area contributed by atoms with Crippen molar-refractivity contribution in [2.75, 3.05) is 13.2 Å². The highest BCUT2D eigenvalue weighted by atomic mass is 35.5. The van der Waals surface area contributed by atoms with Crippen LogP contribution in [0.5, 0.6) is 0 Å². The van der Waals surface area contributed by atoms with Gasteiger partial charge in [0, 0.05) is 28.4 Å². The average Bonchev–Trinajstić information content (AvgIpc) is 3.22. The third-order valence-corrected chi connectivity index (χ3v) is 7.50. The molecule has 1 saturated heterocycles. The second-order valence-electron chi connectivity index (χ2n) is 10.1. The number of carbonyl (C=O) groups is 2. The van der Waals surface area contributed by atoms with Gasteiger partial charge >= 0.3 is 0 Å². The molecule has 1 saturated carbocycles. The fourth-order valence-corrected chi connectivity index (χ4v) is 4.91. The number of carbonyl (C=O) groups excluding carboxylic acids is 2. The standard InChI is InChI=1S/C24H36ClN3O2/c1-16(2)20(27-21(29)17-8-6-7-9-17)22(30)28-14-23(3,4)24(5,26-15-28)18-10-12-19(25)13-11-18/h10-13,16-17,20,26H,6-9,14-15H2,1-5H3,(H,27,29)/t20-,24?/m1/s1. The molecule has 1 aliphatic carbocycles. The molecule has 166 valence electrons. The molecule has 2 N–H and O–H groups in total. The number of hydrogen-bond donors (Lipinski definition) is 2. The van der Waals surface area contributed by atoms with E-state index in [2.05, 4.69) is 31.4 Å². The van der Waals surface area contributed by atoms with Crippen LogP contribution in [0.15, 0.2) is 24.3 Å². The average molecular weight is 434 g/mol. The molecule has 30 heavy (non-hydrogen) atoms. The smallest absolute Gasteiger partial charge is 0.246 e. The molecule has 0 bridgehead atoms. The van der Waals surface area contributed by atoms with Crippen molar-refractivity contribution in [1.29, 1.82) is 0 Å². The molecule has 0 aromatic heterocycles. The lowest BCUT2D eigenvalue weighted by Gasteiger charge is -2.53. The second-order valence-corrected chi connectivity index (χ2v) is 10.5. The predicted molar refractivity (Wildman–Crippen MR) is 121 cm³/mol. The van der Waals surface area contributed by atoms with Crippen LogP contribution in [-0.2, 0) is 15.1 Å². The second kappa shape index (κ2) is 8.88. The van der Waals surface area contributed by atoms with Gasteiger partial charge in [-0.1, -0.05) is 64.3 Å². The molecule has 2 amide bonds. The van der Waals surface area contributed by atoms with E-state index in [0.29, 0.717) is 18.2 Å². The quantitative estimate of drug-likeness (QED) is 0.727. The van der Waals surface area contributed by atoms with E-state index < -0.39 is 6.04 Å². The van der Waals surface area contributed by atoms with E-state index >= 15 is 0 Å². The molecular formula is C24H36ClN3O2. The van der Waals surface area contributed by atoms with Crippen LogP contribution in [-0.4, -0.2) is 36.0 Å². The van der Waals surface area contributed by atoms with E-state index in [4.69, 9.17) is 11.6 Å². The van der Waals surface area contributed by atoms with Gasteiger partial charge in [0.05, 0.1) is 6.67 Å². The molecule has 0 spiro atoms.